The van der Waals surface area contributed by atoms with E-state index in [1.165, 1.54) is 22.3 Å². The van der Waals surface area contributed by atoms with Gasteiger partial charge in [-0.15, -0.1) is 0 Å². The van der Waals surface area contributed by atoms with Crippen molar-refractivity contribution in [2.24, 2.45) is 10.8 Å². The van der Waals surface area contributed by atoms with Gasteiger partial charge in [0, 0.05) is 5.70 Å². The zero-order chi connectivity index (χ0) is 26.1. The van der Waals surface area contributed by atoms with E-state index in [1.54, 1.807) is 0 Å². The van der Waals surface area contributed by atoms with E-state index in [-0.39, 0.29) is 16.9 Å². The summed E-state index contributed by atoms with van der Waals surface area (Å²) in [4.78, 5) is 0. The molecular formula is C33H48N2. The van der Waals surface area contributed by atoms with E-state index in [1.807, 2.05) is 0 Å². The van der Waals surface area contributed by atoms with Gasteiger partial charge in [0.05, 0.1) is 6.04 Å². The lowest BCUT2D eigenvalue weighted by Crippen LogP contribution is -2.27. The Morgan fingerprint density at radius 3 is 1.54 bits per heavy atom. The van der Waals surface area contributed by atoms with Crippen LogP contribution in [0, 0.1) is 10.8 Å². The summed E-state index contributed by atoms with van der Waals surface area (Å²) in [6.07, 6.45) is 8.91. The molecule has 0 amide bonds. The molecule has 0 bridgehead atoms. The molecule has 0 spiro atoms. The predicted molar refractivity (Wildman–Crippen MR) is 153 cm³/mol. The van der Waals surface area contributed by atoms with Crippen molar-refractivity contribution >= 4 is 6.08 Å². The third-order valence-electron chi connectivity index (χ3n) is 6.86. The van der Waals surface area contributed by atoms with Crippen LogP contribution in [0.4, 0.5) is 0 Å². The molecule has 0 saturated carbocycles. The first-order chi connectivity index (χ1) is 16.0. The maximum atomic E-state index is 3.41. The summed E-state index contributed by atoms with van der Waals surface area (Å²) in [7, 11) is 0. The van der Waals surface area contributed by atoms with Crippen LogP contribution in [-0.4, -0.2) is 0 Å². The van der Waals surface area contributed by atoms with E-state index in [0.717, 1.165) is 18.5 Å². The molecule has 2 nitrogen and oxygen atoms in total. The summed E-state index contributed by atoms with van der Waals surface area (Å²) in [6, 6.07) is 18.3. The first kappa shape index (κ1) is 27.3. The highest BCUT2D eigenvalue weighted by molar-refractivity contribution is 5.54. The minimum absolute atomic E-state index is 0.166. The Bertz CT molecular complexity index is 1040. The first-order valence-corrected chi connectivity index (χ1v) is 13.2. The van der Waals surface area contributed by atoms with E-state index >= 15 is 0 Å². The van der Waals surface area contributed by atoms with E-state index in [2.05, 4.69) is 147 Å². The van der Waals surface area contributed by atoms with Gasteiger partial charge in [0.1, 0.15) is 0 Å². The Kier molecular flexibility index (Phi) is 7.77. The second-order valence-corrected chi connectivity index (χ2v) is 14.2. The number of hydrazine groups is 1. The molecule has 1 aliphatic rings. The molecule has 2 aromatic rings. The van der Waals surface area contributed by atoms with E-state index in [0.29, 0.717) is 10.8 Å². The summed E-state index contributed by atoms with van der Waals surface area (Å²) in [5.74, 6) is 0. The molecule has 0 fully saturated rings. The smallest absolute Gasteiger partial charge is 0.0714 e. The van der Waals surface area contributed by atoms with Crippen molar-refractivity contribution in [2.75, 3.05) is 0 Å². The van der Waals surface area contributed by atoms with Crippen LogP contribution in [0.1, 0.15) is 110 Å². The van der Waals surface area contributed by atoms with Crippen molar-refractivity contribution in [2.45, 2.75) is 99.0 Å². The lowest BCUT2D eigenvalue weighted by Gasteiger charge is -2.33. The minimum Gasteiger partial charge on any atom is -0.321 e. The van der Waals surface area contributed by atoms with Gasteiger partial charge in [-0.05, 0) is 68.9 Å². The van der Waals surface area contributed by atoms with Crippen LogP contribution in [0.3, 0.4) is 0 Å². The van der Waals surface area contributed by atoms with Crippen molar-refractivity contribution < 1.29 is 0 Å². The van der Waals surface area contributed by atoms with Crippen molar-refractivity contribution in [3.8, 4) is 0 Å². The summed E-state index contributed by atoms with van der Waals surface area (Å²) in [5, 5.41) is 0. The molecule has 1 heterocycles. The highest BCUT2D eigenvalue weighted by atomic mass is 15.4. The fourth-order valence-corrected chi connectivity index (χ4v) is 5.93. The number of allylic oxidation sites excluding steroid dienone is 1. The second-order valence-electron chi connectivity index (χ2n) is 14.2. The van der Waals surface area contributed by atoms with E-state index in [9.17, 15) is 0 Å². The summed E-state index contributed by atoms with van der Waals surface area (Å²) < 4.78 is 0. The molecule has 0 aromatic heterocycles. The molecular weight excluding hydrogens is 424 g/mol. The molecule has 2 aromatic carbocycles. The zero-order valence-electron chi connectivity index (χ0n) is 23.8. The SMILES string of the molecule is CC(C)(C)CC(C)(C)c1ccc(C=CC2=CC(c3ccc(C(C)(C)CC(C)(C)C)cc3)NN2)cc1. The van der Waals surface area contributed by atoms with Crippen LogP contribution in [-0.2, 0) is 10.8 Å². The van der Waals surface area contributed by atoms with Gasteiger partial charge in [-0.3, -0.25) is 0 Å². The number of hydrogen-bond acceptors (Lipinski definition) is 2. The second kappa shape index (κ2) is 9.97. The van der Waals surface area contributed by atoms with Crippen LogP contribution in [0.25, 0.3) is 6.08 Å². The fraction of sp³-hybridized carbons (Fsp3) is 0.515. The Hall–Kier alpha value is -2.32. The molecule has 190 valence electrons. The normalized spacial score (nSPS) is 17.5. The third kappa shape index (κ3) is 7.84. The number of nitrogens with one attached hydrogen (secondary N) is 2. The maximum absolute atomic E-state index is 3.41. The molecule has 1 unspecified atom stereocenters. The van der Waals surface area contributed by atoms with Gasteiger partial charge in [-0.2, -0.15) is 0 Å². The highest BCUT2D eigenvalue weighted by Gasteiger charge is 2.28. The minimum atomic E-state index is 0.166. The molecule has 0 saturated heterocycles. The average Bonchev–Trinajstić information content (AvgIpc) is 3.18. The van der Waals surface area contributed by atoms with E-state index in [4.69, 9.17) is 0 Å². The molecule has 2 N–H and O–H groups in total. The average molecular weight is 473 g/mol. The van der Waals surface area contributed by atoms with Gasteiger partial charge >= 0.3 is 0 Å². The molecule has 0 aliphatic carbocycles. The number of rotatable bonds is 7. The number of benzene rings is 2. The Labute approximate surface area is 215 Å². The molecule has 35 heavy (non-hydrogen) atoms. The van der Waals surface area contributed by atoms with Gasteiger partial charge in [0.25, 0.3) is 0 Å². The van der Waals surface area contributed by atoms with Crippen LogP contribution in [0.5, 0.6) is 0 Å². The maximum Gasteiger partial charge on any atom is 0.0714 e. The van der Waals surface area contributed by atoms with Crippen molar-refractivity contribution in [1.29, 1.82) is 0 Å². The standard InChI is InChI=1S/C33H48N2/c1-30(2,3)22-32(7,8)26-16-11-24(12-17-26)13-20-28-21-29(35-34-28)25-14-18-27(19-15-25)33(9,10)23-31(4,5)6/h11-21,29,34-35H,22-23H2,1-10H3. The van der Waals surface area contributed by atoms with Crippen LogP contribution < -0.4 is 10.9 Å². The van der Waals surface area contributed by atoms with Gasteiger partial charge in [-0.1, -0.05) is 124 Å². The lowest BCUT2D eigenvalue weighted by atomic mass is 9.72. The van der Waals surface area contributed by atoms with Crippen molar-refractivity contribution in [3.05, 3.63) is 88.6 Å². The van der Waals surface area contributed by atoms with Crippen molar-refractivity contribution in [3.63, 3.8) is 0 Å². The lowest BCUT2D eigenvalue weighted by molar-refractivity contribution is 0.283. The largest absolute Gasteiger partial charge is 0.321 e. The molecule has 1 aliphatic heterocycles. The molecule has 3 rings (SSSR count). The monoisotopic (exact) mass is 472 g/mol. The van der Waals surface area contributed by atoms with Gasteiger partial charge in [0.2, 0.25) is 0 Å². The van der Waals surface area contributed by atoms with Gasteiger partial charge in [0.15, 0.2) is 0 Å². The van der Waals surface area contributed by atoms with Crippen LogP contribution >= 0.6 is 0 Å². The number of hydrogen-bond donors (Lipinski definition) is 2. The fourth-order valence-electron chi connectivity index (χ4n) is 5.93. The van der Waals surface area contributed by atoms with Crippen LogP contribution in [0.15, 0.2) is 66.4 Å². The quantitative estimate of drug-likeness (QED) is 0.420. The van der Waals surface area contributed by atoms with Gasteiger partial charge in [-0.25, -0.2) is 5.43 Å². The van der Waals surface area contributed by atoms with Crippen LogP contribution in [0.2, 0.25) is 0 Å². The van der Waals surface area contributed by atoms with Crippen molar-refractivity contribution in [1.82, 2.24) is 10.9 Å². The Morgan fingerprint density at radius 2 is 1.09 bits per heavy atom. The Balaban J connectivity index is 1.65. The van der Waals surface area contributed by atoms with E-state index < -0.39 is 0 Å². The zero-order valence-corrected chi connectivity index (χ0v) is 23.8. The van der Waals surface area contributed by atoms with Gasteiger partial charge < -0.3 is 5.43 Å². The molecule has 2 heteroatoms. The third-order valence-corrected chi connectivity index (χ3v) is 6.86. The summed E-state index contributed by atoms with van der Waals surface area (Å²) in [6.45, 7) is 23.3. The predicted octanol–water partition coefficient (Wildman–Crippen LogP) is 8.86. The Morgan fingerprint density at radius 1 is 0.629 bits per heavy atom. The molecule has 1 atom stereocenters. The first-order valence-electron chi connectivity index (χ1n) is 13.2. The topological polar surface area (TPSA) is 24.1 Å². The summed E-state index contributed by atoms with van der Waals surface area (Å²) >= 11 is 0. The summed E-state index contributed by atoms with van der Waals surface area (Å²) in [5.41, 5.74) is 14.1. The molecule has 0 radical (unpaired) electrons. The highest BCUT2D eigenvalue weighted by Crippen LogP contribution is 2.37.